The Labute approximate surface area is 229 Å². The molecule has 0 radical (unpaired) electrons. The lowest BCUT2D eigenvalue weighted by molar-refractivity contribution is -0.158. The van der Waals surface area contributed by atoms with Crippen molar-refractivity contribution >= 4 is 28.6 Å². The zero-order chi connectivity index (χ0) is 27.7. The third kappa shape index (κ3) is 5.41. The Morgan fingerprint density at radius 1 is 0.949 bits per heavy atom. The Morgan fingerprint density at radius 2 is 1.72 bits per heavy atom. The smallest absolute Gasteiger partial charge is 0.308 e. The summed E-state index contributed by atoms with van der Waals surface area (Å²) < 4.78 is 11.4. The molecule has 1 aliphatic heterocycles. The van der Waals surface area contributed by atoms with E-state index in [0.29, 0.717) is 17.7 Å². The first-order chi connectivity index (χ1) is 18.7. The summed E-state index contributed by atoms with van der Waals surface area (Å²) in [6, 6.07) is 21.4. The number of likely N-dealkylation sites (tertiary alicyclic amines) is 1. The fourth-order valence-electron chi connectivity index (χ4n) is 6.68. The minimum absolute atomic E-state index is 0.0353. The van der Waals surface area contributed by atoms with E-state index < -0.39 is 0 Å². The number of piperidine rings is 1. The lowest BCUT2D eigenvalue weighted by Gasteiger charge is -2.56. The van der Waals surface area contributed by atoms with Crippen LogP contribution in [0.5, 0.6) is 5.75 Å². The number of amides is 1. The minimum atomic E-state index is -0.371. The van der Waals surface area contributed by atoms with E-state index in [1.807, 2.05) is 66.5 Å². The molecule has 7 nitrogen and oxygen atoms in total. The summed E-state index contributed by atoms with van der Waals surface area (Å²) >= 11 is 0. The molecule has 1 aliphatic carbocycles. The third-order valence-corrected chi connectivity index (χ3v) is 8.56. The van der Waals surface area contributed by atoms with Gasteiger partial charge in [-0.15, -0.1) is 0 Å². The summed E-state index contributed by atoms with van der Waals surface area (Å²) in [4.78, 5) is 41.9. The summed E-state index contributed by atoms with van der Waals surface area (Å²) in [5, 5.41) is 2.11. The molecule has 2 fully saturated rings. The lowest BCUT2D eigenvalue weighted by atomic mass is 9.56. The maximum absolute atomic E-state index is 13.8. The van der Waals surface area contributed by atoms with Crippen molar-refractivity contribution in [3.05, 3.63) is 77.9 Å². The molecule has 2 aliphatic rings. The zero-order valence-corrected chi connectivity index (χ0v) is 23.1. The van der Waals surface area contributed by atoms with E-state index in [1.165, 1.54) is 13.8 Å². The topological polar surface area (TPSA) is 76.2 Å². The molecule has 1 heterocycles. The van der Waals surface area contributed by atoms with Crippen molar-refractivity contribution in [3.63, 3.8) is 0 Å². The van der Waals surface area contributed by atoms with Gasteiger partial charge in [0.15, 0.2) is 0 Å². The monoisotopic (exact) mass is 528 g/mol. The molecule has 4 atom stereocenters. The highest BCUT2D eigenvalue weighted by Gasteiger charge is 2.54. The van der Waals surface area contributed by atoms with Crippen LogP contribution < -0.4 is 4.74 Å². The van der Waals surface area contributed by atoms with Crippen molar-refractivity contribution in [3.8, 4) is 5.75 Å². The van der Waals surface area contributed by atoms with Crippen molar-refractivity contribution in [2.75, 3.05) is 27.2 Å². The molecule has 0 bridgehead atoms. The van der Waals surface area contributed by atoms with Crippen LogP contribution in [-0.2, 0) is 19.7 Å². The highest BCUT2D eigenvalue weighted by atomic mass is 16.5. The molecule has 1 amide bonds. The predicted molar refractivity (Wildman–Crippen MR) is 150 cm³/mol. The number of carbonyl (C=O) groups is 3. The van der Waals surface area contributed by atoms with Crippen molar-refractivity contribution in [2.24, 2.45) is 5.92 Å². The first-order valence-corrected chi connectivity index (χ1v) is 13.6. The van der Waals surface area contributed by atoms with Gasteiger partial charge in [0.1, 0.15) is 11.9 Å². The molecule has 7 heteroatoms. The van der Waals surface area contributed by atoms with Gasteiger partial charge in [0.25, 0.3) is 5.91 Å². The van der Waals surface area contributed by atoms with Crippen LogP contribution in [0, 0.1) is 5.92 Å². The number of hydrogen-bond donors (Lipinski definition) is 0. The van der Waals surface area contributed by atoms with Gasteiger partial charge >= 0.3 is 11.9 Å². The highest BCUT2D eigenvalue weighted by molar-refractivity contribution is 5.98. The van der Waals surface area contributed by atoms with E-state index in [0.717, 1.165) is 42.3 Å². The van der Waals surface area contributed by atoms with Gasteiger partial charge in [-0.25, -0.2) is 0 Å². The number of nitrogens with zero attached hydrogens (tertiary/aromatic N) is 2. The maximum Gasteiger partial charge on any atom is 0.308 e. The highest BCUT2D eigenvalue weighted by Crippen LogP contribution is 2.51. The summed E-state index contributed by atoms with van der Waals surface area (Å²) in [5.74, 6) is -0.209. The van der Waals surface area contributed by atoms with Gasteiger partial charge in [0.2, 0.25) is 0 Å². The molecule has 1 saturated heterocycles. The second-order valence-corrected chi connectivity index (χ2v) is 11.1. The summed E-state index contributed by atoms with van der Waals surface area (Å²) in [6.07, 6.45) is 1.78. The van der Waals surface area contributed by atoms with Gasteiger partial charge in [-0.05, 0) is 67.0 Å². The second-order valence-electron chi connectivity index (χ2n) is 11.1. The van der Waals surface area contributed by atoms with E-state index in [1.54, 1.807) is 6.07 Å². The molecule has 3 aromatic rings. The van der Waals surface area contributed by atoms with Gasteiger partial charge in [-0.2, -0.15) is 0 Å². The zero-order valence-electron chi connectivity index (χ0n) is 23.1. The lowest BCUT2D eigenvalue weighted by Crippen LogP contribution is -2.61. The molecule has 204 valence electrons. The van der Waals surface area contributed by atoms with Crippen molar-refractivity contribution in [2.45, 2.75) is 50.7 Å². The Morgan fingerprint density at radius 3 is 2.46 bits per heavy atom. The Hall–Kier alpha value is -3.71. The van der Waals surface area contributed by atoms with Crippen LogP contribution in [0.3, 0.4) is 0 Å². The Balaban J connectivity index is 1.53. The maximum atomic E-state index is 13.8. The number of hydrogen-bond acceptors (Lipinski definition) is 6. The minimum Gasteiger partial charge on any atom is -0.462 e. The van der Waals surface area contributed by atoms with Crippen LogP contribution in [-0.4, -0.2) is 67.0 Å². The van der Waals surface area contributed by atoms with Crippen LogP contribution in [0.25, 0.3) is 10.8 Å². The first kappa shape index (κ1) is 26.9. The van der Waals surface area contributed by atoms with E-state index in [2.05, 4.69) is 18.0 Å². The number of esters is 2. The van der Waals surface area contributed by atoms with Crippen LogP contribution in [0.15, 0.2) is 66.7 Å². The molecular formula is C32H36N2O5. The standard InChI is InChI=1S/C32H36N2O5/c1-21(35)38-28-11-7-10-26(17-28)32-14-15-33(3)20-29(32)30(39-22(2)36)18-27(19-32)34(4)31(37)25-13-12-23-8-5-6-9-24(23)16-25/h5-13,16-17,27,29-30H,14-15,18-20H2,1-4H3/t27-,29-,30?,32-/m0/s1. The first-order valence-electron chi connectivity index (χ1n) is 13.6. The number of fused-ring (bicyclic) bond motifs is 2. The van der Waals surface area contributed by atoms with Gasteiger partial charge < -0.3 is 19.3 Å². The van der Waals surface area contributed by atoms with E-state index in [4.69, 9.17) is 9.47 Å². The van der Waals surface area contributed by atoms with E-state index in [-0.39, 0.29) is 41.3 Å². The molecule has 1 saturated carbocycles. The van der Waals surface area contributed by atoms with E-state index in [9.17, 15) is 14.4 Å². The summed E-state index contributed by atoms with van der Waals surface area (Å²) in [7, 11) is 3.94. The molecule has 0 aromatic heterocycles. The van der Waals surface area contributed by atoms with Gasteiger partial charge in [0, 0.05) is 56.8 Å². The predicted octanol–water partition coefficient (Wildman–Crippen LogP) is 4.82. The molecule has 0 N–H and O–H groups in total. The normalized spacial score (nSPS) is 25.0. The van der Waals surface area contributed by atoms with Crippen LogP contribution in [0.2, 0.25) is 0 Å². The fraction of sp³-hybridized carbons (Fsp3) is 0.406. The molecule has 3 aromatic carbocycles. The largest absolute Gasteiger partial charge is 0.462 e. The Bertz CT molecular complexity index is 1400. The molecule has 1 unspecified atom stereocenters. The average molecular weight is 529 g/mol. The van der Waals surface area contributed by atoms with Crippen molar-refractivity contribution in [1.29, 1.82) is 0 Å². The average Bonchev–Trinajstić information content (AvgIpc) is 2.91. The van der Waals surface area contributed by atoms with Gasteiger partial charge in [-0.3, -0.25) is 14.4 Å². The second kappa shape index (κ2) is 10.8. The SMILES string of the molecule is CC(=O)Oc1cccc([C@@]23CCN(C)C[C@H]2C(OC(C)=O)C[C@H](N(C)C(=O)c2ccc4ccccc4c2)C3)c1. The molecule has 0 spiro atoms. The summed E-state index contributed by atoms with van der Waals surface area (Å²) in [5.41, 5.74) is 1.33. The van der Waals surface area contributed by atoms with Crippen LogP contribution in [0.1, 0.15) is 49.0 Å². The third-order valence-electron chi connectivity index (χ3n) is 8.56. The van der Waals surface area contributed by atoms with Crippen molar-refractivity contribution < 1.29 is 23.9 Å². The molecule has 5 rings (SSSR count). The van der Waals surface area contributed by atoms with Gasteiger partial charge in [0.05, 0.1) is 0 Å². The Kier molecular flexibility index (Phi) is 7.45. The number of benzene rings is 3. The quantitative estimate of drug-likeness (QED) is 0.349. The van der Waals surface area contributed by atoms with Crippen LogP contribution in [0.4, 0.5) is 0 Å². The number of carbonyl (C=O) groups excluding carboxylic acids is 3. The molecule has 39 heavy (non-hydrogen) atoms. The fourth-order valence-corrected chi connectivity index (χ4v) is 6.68. The number of ether oxygens (including phenoxy) is 2. The number of rotatable bonds is 5. The molecular weight excluding hydrogens is 492 g/mol. The van der Waals surface area contributed by atoms with E-state index >= 15 is 0 Å². The summed E-state index contributed by atoms with van der Waals surface area (Å²) in [6.45, 7) is 4.48. The van der Waals surface area contributed by atoms with Gasteiger partial charge in [-0.1, -0.05) is 42.5 Å². The van der Waals surface area contributed by atoms with Crippen molar-refractivity contribution in [1.82, 2.24) is 9.80 Å². The van der Waals surface area contributed by atoms with Crippen LogP contribution >= 0.6 is 0 Å².